The summed E-state index contributed by atoms with van der Waals surface area (Å²) in [6.45, 7) is 0. The van der Waals surface area contributed by atoms with Crippen LogP contribution in [0.4, 0.5) is 10.3 Å². The normalized spacial score (nSPS) is 11.2. The summed E-state index contributed by atoms with van der Waals surface area (Å²) < 4.78 is 18.0. The van der Waals surface area contributed by atoms with Gasteiger partial charge in [-0.1, -0.05) is 0 Å². The van der Waals surface area contributed by atoms with Gasteiger partial charge in [-0.2, -0.15) is 5.26 Å². The third kappa shape index (κ3) is 3.21. The number of thiazole rings is 1. The fraction of sp³-hybridized carbons (Fsp3) is 0. The van der Waals surface area contributed by atoms with E-state index >= 15 is 0 Å². The molecule has 24 heavy (non-hydrogen) atoms. The summed E-state index contributed by atoms with van der Waals surface area (Å²) in [4.78, 5) is 14.3. The number of nitriles is 1. The highest BCUT2D eigenvalue weighted by Gasteiger charge is 2.13. The molecule has 2 heterocycles. The van der Waals surface area contributed by atoms with Crippen molar-refractivity contribution >= 4 is 28.9 Å². The van der Waals surface area contributed by atoms with Gasteiger partial charge >= 0.3 is 5.88 Å². The molecule has 0 amide bonds. The molecule has 1 aromatic carbocycles. The van der Waals surface area contributed by atoms with Crippen LogP contribution in [0.15, 0.2) is 46.2 Å². The number of nitrogens with zero attached hydrogens (tertiary/aromatic N) is 3. The van der Waals surface area contributed by atoms with Gasteiger partial charge in [0, 0.05) is 17.0 Å². The van der Waals surface area contributed by atoms with Crippen LogP contribution in [0.3, 0.4) is 0 Å². The Hall–Kier alpha value is -3.31. The Balaban J connectivity index is 1.91. The lowest BCUT2D eigenvalue weighted by atomic mass is 10.2. The number of nitro groups is 1. The van der Waals surface area contributed by atoms with Crippen LogP contribution in [0, 0.1) is 27.3 Å². The summed E-state index contributed by atoms with van der Waals surface area (Å²) in [5.74, 6) is -0.548. The second kappa shape index (κ2) is 6.44. The van der Waals surface area contributed by atoms with E-state index in [1.54, 1.807) is 17.5 Å². The van der Waals surface area contributed by atoms with Gasteiger partial charge in [-0.05, 0) is 30.3 Å². The molecule has 0 fully saturated rings. The molecule has 0 radical (unpaired) electrons. The van der Waals surface area contributed by atoms with E-state index in [0.717, 1.165) is 5.56 Å². The summed E-state index contributed by atoms with van der Waals surface area (Å²) in [6.07, 6.45) is 1.39. The molecule has 0 atom stereocenters. The van der Waals surface area contributed by atoms with Gasteiger partial charge in [0.05, 0.1) is 17.3 Å². The lowest BCUT2D eigenvalue weighted by Gasteiger charge is -1.95. The molecular weight excluding hydrogens is 333 g/mol. The first-order valence-electron chi connectivity index (χ1n) is 6.64. The van der Waals surface area contributed by atoms with Gasteiger partial charge in [0.1, 0.15) is 27.6 Å². The SMILES string of the molecule is N#C/C(=C\c1ccc([N+](=O)[O-])o1)c1nc(-c2ccc(F)cc2)cs1. The third-order valence-electron chi connectivity index (χ3n) is 3.07. The summed E-state index contributed by atoms with van der Waals surface area (Å²) >= 11 is 1.24. The maximum Gasteiger partial charge on any atom is 0.433 e. The van der Waals surface area contributed by atoms with Gasteiger partial charge in [-0.3, -0.25) is 10.1 Å². The zero-order chi connectivity index (χ0) is 17.1. The number of allylic oxidation sites excluding steroid dienone is 1. The molecule has 0 aliphatic carbocycles. The third-order valence-corrected chi connectivity index (χ3v) is 3.95. The molecule has 0 aliphatic rings. The minimum atomic E-state index is -0.653. The Kier molecular flexibility index (Phi) is 4.18. The molecule has 2 aromatic heterocycles. The fourth-order valence-corrected chi connectivity index (χ4v) is 2.75. The second-order valence-corrected chi connectivity index (χ2v) is 5.51. The first kappa shape index (κ1) is 15.6. The average Bonchev–Trinajstić information content (AvgIpc) is 3.23. The van der Waals surface area contributed by atoms with Crippen molar-refractivity contribution in [1.82, 2.24) is 4.98 Å². The number of rotatable bonds is 4. The molecule has 3 rings (SSSR count). The van der Waals surface area contributed by atoms with E-state index in [2.05, 4.69) is 4.98 Å². The molecule has 0 spiro atoms. The smallest absolute Gasteiger partial charge is 0.401 e. The van der Waals surface area contributed by atoms with E-state index in [1.165, 1.54) is 41.7 Å². The first-order chi connectivity index (χ1) is 11.6. The molecular formula is C16H8FN3O3S. The van der Waals surface area contributed by atoms with Crippen LogP contribution in [0.2, 0.25) is 0 Å². The van der Waals surface area contributed by atoms with E-state index in [9.17, 15) is 19.8 Å². The molecule has 0 aliphatic heterocycles. The molecule has 118 valence electrons. The van der Waals surface area contributed by atoms with Gasteiger partial charge in [-0.15, -0.1) is 11.3 Å². The lowest BCUT2D eigenvalue weighted by Crippen LogP contribution is -1.83. The summed E-state index contributed by atoms with van der Waals surface area (Å²) in [6, 6.07) is 10.5. The Morgan fingerprint density at radius 1 is 1.33 bits per heavy atom. The monoisotopic (exact) mass is 341 g/mol. The number of hydrogen-bond donors (Lipinski definition) is 0. The Morgan fingerprint density at radius 3 is 2.71 bits per heavy atom. The van der Waals surface area contributed by atoms with Crippen molar-refractivity contribution in [3.8, 4) is 17.3 Å². The van der Waals surface area contributed by atoms with Gasteiger partial charge in [-0.25, -0.2) is 9.37 Å². The van der Waals surface area contributed by atoms with Crippen molar-refractivity contribution in [3.05, 3.63) is 68.5 Å². The minimum absolute atomic E-state index is 0.191. The number of benzene rings is 1. The fourth-order valence-electron chi connectivity index (χ4n) is 1.95. The van der Waals surface area contributed by atoms with Crippen LogP contribution < -0.4 is 0 Å². The minimum Gasteiger partial charge on any atom is -0.401 e. The van der Waals surface area contributed by atoms with E-state index < -0.39 is 10.8 Å². The molecule has 8 heteroatoms. The molecule has 0 bridgehead atoms. The van der Waals surface area contributed by atoms with Crippen molar-refractivity contribution in [2.75, 3.05) is 0 Å². The molecule has 0 unspecified atom stereocenters. The van der Waals surface area contributed by atoms with Gasteiger partial charge < -0.3 is 4.42 Å². The highest BCUT2D eigenvalue weighted by molar-refractivity contribution is 7.11. The van der Waals surface area contributed by atoms with E-state index in [0.29, 0.717) is 10.7 Å². The van der Waals surface area contributed by atoms with Gasteiger partial charge in [0.25, 0.3) is 0 Å². The maximum atomic E-state index is 13.0. The second-order valence-electron chi connectivity index (χ2n) is 4.65. The predicted octanol–water partition coefficient (Wildman–Crippen LogP) is 4.51. The topological polar surface area (TPSA) is 93.0 Å². The van der Waals surface area contributed by atoms with Crippen molar-refractivity contribution in [1.29, 1.82) is 5.26 Å². The first-order valence-corrected chi connectivity index (χ1v) is 7.52. The highest BCUT2D eigenvalue weighted by atomic mass is 32.1. The summed E-state index contributed by atoms with van der Waals surface area (Å²) in [7, 11) is 0. The van der Waals surface area contributed by atoms with Crippen LogP contribution in [-0.2, 0) is 0 Å². The van der Waals surface area contributed by atoms with Gasteiger partial charge in [0.15, 0.2) is 0 Å². The molecule has 6 nitrogen and oxygen atoms in total. The van der Waals surface area contributed by atoms with Crippen molar-refractivity contribution in [3.63, 3.8) is 0 Å². The molecule has 3 aromatic rings. The predicted molar refractivity (Wildman–Crippen MR) is 86.4 cm³/mol. The number of furan rings is 1. The Bertz CT molecular complexity index is 967. The van der Waals surface area contributed by atoms with Crippen LogP contribution in [0.5, 0.6) is 0 Å². The van der Waals surface area contributed by atoms with E-state index in [4.69, 9.17) is 4.42 Å². The summed E-state index contributed by atoms with van der Waals surface area (Å²) in [5.41, 5.74) is 1.56. The van der Waals surface area contributed by atoms with E-state index in [1.807, 2.05) is 6.07 Å². The number of aromatic nitrogens is 1. The van der Waals surface area contributed by atoms with Crippen molar-refractivity contribution < 1.29 is 13.7 Å². The quantitative estimate of drug-likeness (QED) is 0.395. The van der Waals surface area contributed by atoms with Crippen LogP contribution in [0.1, 0.15) is 10.8 Å². The Morgan fingerprint density at radius 2 is 2.08 bits per heavy atom. The van der Waals surface area contributed by atoms with Crippen molar-refractivity contribution in [2.45, 2.75) is 0 Å². The molecule has 0 N–H and O–H groups in total. The van der Waals surface area contributed by atoms with Crippen LogP contribution in [-0.4, -0.2) is 9.91 Å². The van der Waals surface area contributed by atoms with Crippen LogP contribution in [0.25, 0.3) is 22.9 Å². The lowest BCUT2D eigenvalue weighted by molar-refractivity contribution is -0.402. The number of hydrogen-bond acceptors (Lipinski definition) is 6. The average molecular weight is 341 g/mol. The molecule has 0 saturated carbocycles. The summed E-state index contributed by atoms with van der Waals surface area (Å²) in [5, 5.41) is 22.1. The zero-order valence-electron chi connectivity index (χ0n) is 12.0. The van der Waals surface area contributed by atoms with E-state index in [-0.39, 0.29) is 17.2 Å². The molecule has 0 saturated heterocycles. The van der Waals surface area contributed by atoms with Gasteiger partial charge in [0.2, 0.25) is 0 Å². The van der Waals surface area contributed by atoms with Crippen LogP contribution >= 0.6 is 11.3 Å². The highest BCUT2D eigenvalue weighted by Crippen LogP contribution is 2.28. The van der Waals surface area contributed by atoms with Crippen molar-refractivity contribution in [2.24, 2.45) is 0 Å². The standard InChI is InChI=1S/C16H8FN3O3S/c17-12-3-1-10(2-4-12)14-9-24-16(19-14)11(8-18)7-13-5-6-15(23-13)20(21)22/h1-7,9H/b11-7+. The maximum absolute atomic E-state index is 13.0. The Labute approximate surface area is 139 Å². The number of halogens is 1. The zero-order valence-corrected chi connectivity index (χ0v) is 12.8. The largest absolute Gasteiger partial charge is 0.433 e.